The van der Waals surface area contributed by atoms with Crippen molar-refractivity contribution in [1.82, 2.24) is 19.6 Å². The monoisotopic (exact) mass is 328 g/mol. The minimum absolute atomic E-state index is 0.0647. The lowest BCUT2D eigenvalue weighted by Gasteiger charge is -2.35. The van der Waals surface area contributed by atoms with Crippen LogP contribution in [0.2, 0.25) is 0 Å². The van der Waals surface area contributed by atoms with Gasteiger partial charge in [0.1, 0.15) is 0 Å². The van der Waals surface area contributed by atoms with Crippen LogP contribution in [0.5, 0.6) is 0 Å². The summed E-state index contributed by atoms with van der Waals surface area (Å²) >= 11 is 0. The standard InChI is InChI=1S/C18H24N4O2/c1-14-11-19-22(12-14)17-5-3-16(4-6-17)18(24)21-9-7-20(8-10-21)13-15(2)23/h3-6,11-12,15,23H,7-10,13H2,1-2H3. The SMILES string of the molecule is Cc1cnn(-c2ccc(C(=O)N3CCN(CC(C)O)CC3)cc2)c1. The second kappa shape index (κ2) is 7.15. The topological polar surface area (TPSA) is 61.6 Å². The number of amides is 1. The van der Waals surface area contributed by atoms with Crippen LogP contribution in [0.3, 0.4) is 0 Å². The molecule has 3 rings (SSSR count). The minimum Gasteiger partial charge on any atom is -0.392 e. The predicted molar refractivity (Wildman–Crippen MR) is 92.3 cm³/mol. The van der Waals surface area contributed by atoms with Crippen LogP contribution in [0, 0.1) is 6.92 Å². The van der Waals surface area contributed by atoms with E-state index in [0.717, 1.165) is 24.3 Å². The lowest BCUT2D eigenvalue weighted by Crippen LogP contribution is -2.50. The predicted octanol–water partition coefficient (Wildman–Crippen LogP) is 1.32. The van der Waals surface area contributed by atoms with Crippen LogP contribution >= 0.6 is 0 Å². The molecule has 1 unspecified atom stereocenters. The third-order valence-corrected chi connectivity index (χ3v) is 4.27. The van der Waals surface area contributed by atoms with Crippen molar-refractivity contribution < 1.29 is 9.90 Å². The maximum Gasteiger partial charge on any atom is 0.253 e. The first-order valence-corrected chi connectivity index (χ1v) is 8.34. The summed E-state index contributed by atoms with van der Waals surface area (Å²) in [5.74, 6) is 0.0647. The van der Waals surface area contributed by atoms with Crippen molar-refractivity contribution >= 4 is 5.91 Å². The molecule has 6 heteroatoms. The molecular weight excluding hydrogens is 304 g/mol. The van der Waals surface area contributed by atoms with Gasteiger partial charge in [-0.3, -0.25) is 9.69 Å². The molecule has 1 aliphatic heterocycles. The number of nitrogens with zero attached hydrogens (tertiary/aromatic N) is 4. The third-order valence-electron chi connectivity index (χ3n) is 4.27. The highest BCUT2D eigenvalue weighted by molar-refractivity contribution is 5.94. The van der Waals surface area contributed by atoms with Gasteiger partial charge in [-0.25, -0.2) is 4.68 Å². The molecule has 1 atom stereocenters. The fourth-order valence-electron chi connectivity index (χ4n) is 3.00. The Hall–Kier alpha value is -2.18. The molecule has 1 saturated heterocycles. The number of aliphatic hydroxyl groups excluding tert-OH is 1. The number of aryl methyl sites for hydroxylation is 1. The van der Waals surface area contributed by atoms with Crippen molar-refractivity contribution in [3.63, 3.8) is 0 Å². The Morgan fingerprint density at radius 1 is 1.21 bits per heavy atom. The van der Waals surface area contributed by atoms with Crippen molar-refractivity contribution in [1.29, 1.82) is 0 Å². The van der Waals surface area contributed by atoms with Crippen molar-refractivity contribution in [2.45, 2.75) is 20.0 Å². The highest BCUT2D eigenvalue weighted by atomic mass is 16.3. The molecule has 24 heavy (non-hydrogen) atoms. The molecule has 0 spiro atoms. The van der Waals surface area contributed by atoms with Crippen LogP contribution in [0.1, 0.15) is 22.8 Å². The molecule has 2 heterocycles. The van der Waals surface area contributed by atoms with Crippen molar-refractivity contribution in [3.05, 3.63) is 47.8 Å². The van der Waals surface area contributed by atoms with Crippen LogP contribution in [0.25, 0.3) is 5.69 Å². The van der Waals surface area contributed by atoms with Gasteiger partial charge in [-0.15, -0.1) is 0 Å². The number of carbonyl (C=O) groups excluding carboxylic acids is 1. The first-order chi connectivity index (χ1) is 11.5. The number of benzene rings is 1. The highest BCUT2D eigenvalue weighted by Gasteiger charge is 2.22. The number of rotatable bonds is 4. The number of piperazine rings is 1. The summed E-state index contributed by atoms with van der Waals surface area (Å²) in [6, 6.07) is 7.56. The molecule has 0 aliphatic carbocycles. The van der Waals surface area contributed by atoms with Crippen LogP contribution in [0.15, 0.2) is 36.7 Å². The molecule has 1 amide bonds. The molecule has 2 aromatic rings. The molecule has 128 valence electrons. The van der Waals surface area contributed by atoms with Gasteiger partial charge in [-0.1, -0.05) is 0 Å². The van der Waals surface area contributed by atoms with E-state index in [1.807, 2.05) is 48.5 Å². The van der Waals surface area contributed by atoms with Crippen LogP contribution in [0.4, 0.5) is 0 Å². The maximum absolute atomic E-state index is 12.6. The van der Waals surface area contributed by atoms with Gasteiger partial charge in [-0.05, 0) is 43.7 Å². The molecule has 6 nitrogen and oxygen atoms in total. The first kappa shape index (κ1) is 16.7. The largest absolute Gasteiger partial charge is 0.392 e. The molecule has 0 radical (unpaired) electrons. The lowest BCUT2D eigenvalue weighted by molar-refractivity contribution is 0.0554. The van der Waals surface area contributed by atoms with Crippen LogP contribution in [-0.2, 0) is 0 Å². The molecule has 0 saturated carbocycles. The summed E-state index contributed by atoms with van der Waals surface area (Å²) in [5.41, 5.74) is 2.75. The Bertz CT molecular complexity index is 685. The van der Waals surface area contributed by atoms with Gasteiger partial charge < -0.3 is 10.0 Å². The first-order valence-electron chi connectivity index (χ1n) is 8.34. The average Bonchev–Trinajstić information content (AvgIpc) is 3.01. The smallest absolute Gasteiger partial charge is 0.253 e. The second-order valence-corrected chi connectivity index (χ2v) is 6.45. The summed E-state index contributed by atoms with van der Waals surface area (Å²) in [4.78, 5) is 16.7. The van der Waals surface area contributed by atoms with E-state index >= 15 is 0 Å². The van der Waals surface area contributed by atoms with E-state index in [-0.39, 0.29) is 12.0 Å². The highest BCUT2D eigenvalue weighted by Crippen LogP contribution is 2.13. The van der Waals surface area contributed by atoms with Gasteiger partial charge in [0.05, 0.1) is 18.0 Å². The molecule has 1 aromatic carbocycles. The fraction of sp³-hybridized carbons (Fsp3) is 0.444. The van der Waals surface area contributed by atoms with Gasteiger partial charge in [0.25, 0.3) is 5.91 Å². The summed E-state index contributed by atoms with van der Waals surface area (Å²) in [6.45, 7) is 7.47. The number of hydrogen-bond donors (Lipinski definition) is 1. The molecule has 1 fully saturated rings. The number of aromatic nitrogens is 2. The quantitative estimate of drug-likeness (QED) is 0.919. The summed E-state index contributed by atoms with van der Waals surface area (Å²) in [5, 5.41) is 13.7. The van der Waals surface area contributed by atoms with E-state index in [1.165, 1.54) is 0 Å². The van der Waals surface area contributed by atoms with Gasteiger partial charge >= 0.3 is 0 Å². The van der Waals surface area contributed by atoms with Crippen LogP contribution < -0.4 is 0 Å². The fourth-order valence-corrected chi connectivity index (χ4v) is 3.00. The van der Waals surface area contributed by atoms with Crippen LogP contribution in [-0.4, -0.2) is 69.4 Å². The molecule has 0 bridgehead atoms. The maximum atomic E-state index is 12.6. The van der Waals surface area contributed by atoms with Crippen molar-refractivity contribution in [2.24, 2.45) is 0 Å². The van der Waals surface area contributed by atoms with Crippen molar-refractivity contribution in [2.75, 3.05) is 32.7 Å². The number of hydrogen-bond acceptors (Lipinski definition) is 4. The van der Waals surface area contributed by atoms with E-state index in [2.05, 4.69) is 10.00 Å². The third kappa shape index (κ3) is 3.83. The zero-order chi connectivity index (χ0) is 17.1. The summed E-state index contributed by atoms with van der Waals surface area (Å²) in [6.07, 6.45) is 3.44. The van der Waals surface area contributed by atoms with Crippen molar-refractivity contribution in [3.8, 4) is 5.69 Å². The lowest BCUT2D eigenvalue weighted by atomic mass is 10.1. The van der Waals surface area contributed by atoms with Gasteiger partial charge in [0, 0.05) is 44.5 Å². The zero-order valence-corrected chi connectivity index (χ0v) is 14.2. The Labute approximate surface area is 142 Å². The van der Waals surface area contributed by atoms with Gasteiger partial charge in [-0.2, -0.15) is 5.10 Å². The molecular formula is C18H24N4O2. The summed E-state index contributed by atoms with van der Waals surface area (Å²) in [7, 11) is 0. The Morgan fingerprint density at radius 3 is 2.42 bits per heavy atom. The van der Waals surface area contributed by atoms with Gasteiger partial charge in [0.2, 0.25) is 0 Å². The Morgan fingerprint density at radius 2 is 1.88 bits per heavy atom. The van der Waals surface area contributed by atoms with E-state index in [9.17, 15) is 9.90 Å². The average molecular weight is 328 g/mol. The number of β-amino-alcohol motifs (C(OH)–C–C–N with tert-alkyl or cyclic N) is 1. The summed E-state index contributed by atoms with van der Waals surface area (Å²) < 4.78 is 1.80. The molecule has 1 N–H and O–H groups in total. The van der Waals surface area contributed by atoms with E-state index in [1.54, 1.807) is 11.6 Å². The second-order valence-electron chi connectivity index (χ2n) is 6.45. The van der Waals surface area contributed by atoms with E-state index < -0.39 is 0 Å². The Kier molecular flexibility index (Phi) is 4.97. The van der Waals surface area contributed by atoms with E-state index in [0.29, 0.717) is 25.2 Å². The minimum atomic E-state index is -0.328. The molecule has 1 aromatic heterocycles. The number of aliphatic hydroxyl groups is 1. The Balaban J connectivity index is 1.61. The zero-order valence-electron chi connectivity index (χ0n) is 14.2. The molecule has 1 aliphatic rings. The normalized spacial score (nSPS) is 17.0. The van der Waals surface area contributed by atoms with E-state index in [4.69, 9.17) is 0 Å². The number of carbonyl (C=O) groups is 1. The van der Waals surface area contributed by atoms with Gasteiger partial charge in [0.15, 0.2) is 0 Å².